The fourth-order valence-electron chi connectivity index (χ4n) is 2.51. The van der Waals surface area contributed by atoms with Crippen LogP contribution in [0.5, 0.6) is 0 Å². The largest absolute Gasteiger partial charge is 0.396 e. The number of hydrogen-bond donors (Lipinski definition) is 2. The molecule has 0 spiro atoms. The Kier molecular flexibility index (Phi) is 5.52. The summed E-state index contributed by atoms with van der Waals surface area (Å²) >= 11 is 11.9. The minimum Gasteiger partial charge on any atom is -0.396 e. The molecule has 1 fully saturated rings. The van der Waals surface area contributed by atoms with Crippen LogP contribution in [0.15, 0.2) is 18.2 Å². The third kappa shape index (κ3) is 3.78. The van der Waals surface area contributed by atoms with E-state index in [2.05, 4.69) is 5.32 Å². The Morgan fingerprint density at radius 1 is 1.45 bits per heavy atom. The zero-order valence-corrected chi connectivity index (χ0v) is 12.6. The molecule has 2 rings (SSSR count). The maximum Gasteiger partial charge on any atom is 0.322 e. The molecule has 2 amide bonds. The summed E-state index contributed by atoms with van der Waals surface area (Å²) in [4.78, 5) is 14.1. The lowest BCUT2D eigenvalue weighted by Gasteiger charge is -2.25. The van der Waals surface area contributed by atoms with Crippen LogP contribution in [0.4, 0.5) is 10.5 Å². The van der Waals surface area contributed by atoms with E-state index in [1.807, 2.05) is 4.90 Å². The number of anilines is 1. The van der Waals surface area contributed by atoms with Crippen LogP contribution in [0.3, 0.4) is 0 Å². The average molecular weight is 317 g/mol. The fraction of sp³-hybridized carbons (Fsp3) is 0.500. The summed E-state index contributed by atoms with van der Waals surface area (Å²) in [5, 5.41) is 12.7. The highest BCUT2D eigenvalue weighted by Crippen LogP contribution is 2.27. The smallest absolute Gasteiger partial charge is 0.322 e. The highest BCUT2D eigenvalue weighted by atomic mass is 35.5. The third-order valence-electron chi connectivity index (χ3n) is 3.51. The van der Waals surface area contributed by atoms with Crippen molar-refractivity contribution in [2.24, 2.45) is 0 Å². The van der Waals surface area contributed by atoms with Crippen LogP contribution in [-0.4, -0.2) is 35.2 Å². The van der Waals surface area contributed by atoms with Crippen LogP contribution in [0.1, 0.15) is 25.7 Å². The predicted octanol–water partition coefficient (Wildman–Crippen LogP) is 3.76. The monoisotopic (exact) mass is 316 g/mol. The predicted molar refractivity (Wildman–Crippen MR) is 81.5 cm³/mol. The number of urea groups is 1. The fourth-order valence-corrected chi connectivity index (χ4v) is 2.96. The molecule has 0 aromatic heterocycles. The topological polar surface area (TPSA) is 52.6 Å². The van der Waals surface area contributed by atoms with Crippen LogP contribution in [0.25, 0.3) is 0 Å². The molecule has 0 radical (unpaired) electrons. The van der Waals surface area contributed by atoms with Crippen molar-refractivity contribution in [3.63, 3.8) is 0 Å². The number of amides is 2. The maximum absolute atomic E-state index is 12.3. The van der Waals surface area contributed by atoms with Gasteiger partial charge in [0.1, 0.15) is 0 Å². The lowest BCUT2D eigenvalue weighted by molar-refractivity contribution is 0.197. The summed E-state index contributed by atoms with van der Waals surface area (Å²) in [7, 11) is 0. The number of nitrogens with zero attached hydrogens (tertiary/aromatic N) is 1. The number of hydrogen-bond acceptors (Lipinski definition) is 2. The lowest BCUT2D eigenvalue weighted by atomic mass is 10.1. The minimum absolute atomic E-state index is 0.144. The van der Waals surface area contributed by atoms with Gasteiger partial charge in [-0.1, -0.05) is 23.2 Å². The number of nitrogens with one attached hydrogen (secondary N) is 1. The van der Waals surface area contributed by atoms with Gasteiger partial charge in [0.25, 0.3) is 0 Å². The first-order chi connectivity index (χ1) is 9.61. The number of rotatable bonds is 4. The zero-order valence-electron chi connectivity index (χ0n) is 11.1. The second kappa shape index (κ2) is 7.16. The van der Waals surface area contributed by atoms with Crippen LogP contribution in [0, 0.1) is 0 Å². The van der Waals surface area contributed by atoms with E-state index in [-0.39, 0.29) is 18.7 Å². The Morgan fingerprint density at radius 2 is 2.25 bits per heavy atom. The third-order valence-corrected chi connectivity index (χ3v) is 4.05. The van der Waals surface area contributed by atoms with Crippen LogP contribution in [0.2, 0.25) is 10.0 Å². The molecule has 0 bridgehead atoms. The molecule has 2 N–H and O–H groups in total. The van der Waals surface area contributed by atoms with Crippen LogP contribution < -0.4 is 5.32 Å². The van der Waals surface area contributed by atoms with Gasteiger partial charge in [0, 0.05) is 24.2 Å². The summed E-state index contributed by atoms with van der Waals surface area (Å²) in [6.45, 7) is 0.905. The molecule has 1 aromatic rings. The molecule has 1 heterocycles. The Morgan fingerprint density at radius 3 is 2.95 bits per heavy atom. The van der Waals surface area contributed by atoms with E-state index in [1.165, 1.54) is 0 Å². The number of benzene rings is 1. The van der Waals surface area contributed by atoms with E-state index in [9.17, 15) is 4.79 Å². The molecule has 1 aliphatic heterocycles. The number of aliphatic hydroxyl groups excluding tert-OH is 1. The van der Waals surface area contributed by atoms with E-state index < -0.39 is 0 Å². The van der Waals surface area contributed by atoms with Crippen molar-refractivity contribution in [1.82, 2.24) is 4.90 Å². The van der Waals surface area contributed by atoms with Gasteiger partial charge in [0.2, 0.25) is 0 Å². The van der Waals surface area contributed by atoms with Crippen molar-refractivity contribution in [3.8, 4) is 0 Å². The molecule has 0 aliphatic carbocycles. The number of likely N-dealkylation sites (tertiary alicyclic amines) is 1. The summed E-state index contributed by atoms with van der Waals surface area (Å²) in [5.74, 6) is 0. The Bertz CT molecular complexity index is 482. The van der Waals surface area contributed by atoms with Crippen molar-refractivity contribution in [2.75, 3.05) is 18.5 Å². The van der Waals surface area contributed by atoms with Gasteiger partial charge in [0.15, 0.2) is 0 Å². The number of carbonyl (C=O) groups is 1. The quantitative estimate of drug-likeness (QED) is 0.888. The zero-order chi connectivity index (χ0) is 14.5. The van der Waals surface area contributed by atoms with Gasteiger partial charge in [-0.25, -0.2) is 4.79 Å². The highest BCUT2D eigenvalue weighted by Gasteiger charge is 2.28. The second-order valence-electron chi connectivity index (χ2n) is 4.91. The Balaban J connectivity index is 2.00. The van der Waals surface area contributed by atoms with E-state index >= 15 is 0 Å². The van der Waals surface area contributed by atoms with E-state index in [1.54, 1.807) is 18.2 Å². The second-order valence-corrected chi connectivity index (χ2v) is 5.75. The van der Waals surface area contributed by atoms with Gasteiger partial charge in [-0.05, 0) is 43.9 Å². The van der Waals surface area contributed by atoms with E-state index in [0.717, 1.165) is 32.2 Å². The van der Waals surface area contributed by atoms with Crippen molar-refractivity contribution in [3.05, 3.63) is 28.2 Å². The van der Waals surface area contributed by atoms with Crippen LogP contribution >= 0.6 is 23.2 Å². The maximum atomic E-state index is 12.3. The molecule has 1 unspecified atom stereocenters. The van der Waals surface area contributed by atoms with Gasteiger partial charge >= 0.3 is 6.03 Å². The minimum atomic E-state index is -0.144. The molecule has 1 saturated heterocycles. The summed E-state index contributed by atoms with van der Waals surface area (Å²) in [6, 6.07) is 5.05. The number of carbonyl (C=O) groups excluding carboxylic acids is 1. The van der Waals surface area contributed by atoms with E-state index in [4.69, 9.17) is 28.3 Å². The molecule has 1 atom stereocenters. The molecule has 1 aliphatic rings. The molecule has 4 nitrogen and oxygen atoms in total. The SMILES string of the molecule is O=C(Nc1ccc(Cl)cc1Cl)N1CCCC1CCCO. The average Bonchev–Trinajstić information content (AvgIpc) is 2.88. The van der Waals surface area contributed by atoms with Gasteiger partial charge in [-0.15, -0.1) is 0 Å². The molecule has 110 valence electrons. The molecule has 20 heavy (non-hydrogen) atoms. The highest BCUT2D eigenvalue weighted by molar-refractivity contribution is 6.36. The van der Waals surface area contributed by atoms with E-state index in [0.29, 0.717) is 15.7 Å². The summed E-state index contributed by atoms with van der Waals surface area (Å²) in [6.07, 6.45) is 3.54. The van der Waals surface area contributed by atoms with Crippen molar-refractivity contribution < 1.29 is 9.90 Å². The molecule has 0 saturated carbocycles. The molecule has 6 heteroatoms. The number of aliphatic hydroxyl groups is 1. The standard InChI is InChI=1S/C14H18Cl2N2O2/c15-10-5-6-13(12(16)9-10)17-14(20)18-7-1-3-11(18)4-2-8-19/h5-6,9,11,19H,1-4,7-8H2,(H,17,20). The van der Waals surface area contributed by atoms with Gasteiger partial charge in [0.05, 0.1) is 10.7 Å². The summed E-state index contributed by atoms with van der Waals surface area (Å²) < 4.78 is 0. The van der Waals surface area contributed by atoms with Crippen LogP contribution in [-0.2, 0) is 0 Å². The van der Waals surface area contributed by atoms with Gasteiger partial charge in [-0.2, -0.15) is 0 Å². The first-order valence-corrected chi connectivity index (χ1v) is 7.51. The van der Waals surface area contributed by atoms with Crippen molar-refractivity contribution in [2.45, 2.75) is 31.7 Å². The summed E-state index contributed by atoms with van der Waals surface area (Å²) in [5.41, 5.74) is 0.564. The Labute approximate surface area is 128 Å². The lowest BCUT2D eigenvalue weighted by Crippen LogP contribution is -2.38. The normalized spacial score (nSPS) is 18.4. The Hall–Kier alpha value is -0.970. The molecule has 1 aromatic carbocycles. The molecular formula is C14H18Cl2N2O2. The van der Waals surface area contributed by atoms with Crippen molar-refractivity contribution >= 4 is 34.9 Å². The van der Waals surface area contributed by atoms with Gasteiger partial charge in [-0.3, -0.25) is 0 Å². The first kappa shape index (κ1) is 15.4. The van der Waals surface area contributed by atoms with Crippen molar-refractivity contribution in [1.29, 1.82) is 0 Å². The first-order valence-electron chi connectivity index (χ1n) is 6.75. The molecular weight excluding hydrogens is 299 g/mol. The van der Waals surface area contributed by atoms with Gasteiger partial charge < -0.3 is 15.3 Å². The number of halogens is 2.